The molecular weight excluding hydrogens is 380 g/mol. The number of amides is 2. The van der Waals surface area contributed by atoms with Crippen molar-refractivity contribution in [3.05, 3.63) is 98.9 Å². The maximum Gasteiger partial charge on any atom is 0.268 e. The Kier molecular flexibility index (Phi) is 6.62. The van der Waals surface area contributed by atoms with Crippen LogP contribution in [0.5, 0.6) is 0 Å². The quantitative estimate of drug-likeness (QED) is 0.567. The van der Waals surface area contributed by atoms with Crippen molar-refractivity contribution in [2.45, 2.75) is 26.8 Å². The topological polar surface area (TPSA) is 58.2 Å². The predicted octanol–water partition coefficient (Wildman–Crippen LogP) is 5.01. The van der Waals surface area contributed by atoms with Crippen LogP contribution in [0.25, 0.3) is 6.08 Å². The van der Waals surface area contributed by atoms with E-state index in [1.165, 1.54) is 11.3 Å². The van der Waals surface area contributed by atoms with Gasteiger partial charge in [-0.1, -0.05) is 48.0 Å². The number of carbonyl (C=O) groups is 2. The van der Waals surface area contributed by atoms with Crippen molar-refractivity contribution < 1.29 is 9.59 Å². The van der Waals surface area contributed by atoms with Crippen LogP contribution in [0.4, 0.5) is 0 Å². The van der Waals surface area contributed by atoms with Crippen molar-refractivity contribution in [3.63, 3.8) is 0 Å². The van der Waals surface area contributed by atoms with Gasteiger partial charge in [0, 0.05) is 10.4 Å². The summed E-state index contributed by atoms with van der Waals surface area (Å²) in [6.07, 6.45) is 1.71. The summed E-state index contributed by atoms with van der Waals surface area (Å²) in [5.41, 5.74) is 3.94. The number of benzene rings is 2. The van der Waals surface area contributed by atoms with Gasteiger partial charge < -0.3 is 10.6 Å². The number of carbonyl (C=O) groups excluding carboxylic acids is 2. The second kappa shape index (κ2) is 9.34. The van der Waals surface area contributed by atoms with Gasteiger partial charge >= 0.3 is 0 Å². The third-order valence-electron chi connectivity index (χ3n) is 4.64. The summed E-state index contributed by atoms with van der Waals surface area (Å²) >= 11 is 1.50. The zero-order chi connectivity index (χ0) is 20.8. The van der Waals surface area contributed by atoms with Crippen molar-refractivity contribution in [3.8, 4) is 0 Å². The number of hydrogen-bond acceptors (Lipinski definition) is 3. The summed E-state index contributed by atoms with van der Waals surface area (Å²) in [4.78, 5) is 26.6. The molecule has 1 heterocycles. The molecule has 2 aromatic carbocycles. The maximum absolute atomic E-state index is 13.0. The van der Waals surface area contributed by atoms with Gasteiger partial charge in [-0.15, -0.1) is 11.3 Å². The predicted molar refractivity (Wildman–Crippen MR) is 119 cm³/mol. The lowest BCUT2D eigenvalue weighted by atomic mass is 10.0. The summed E-state index contributed by atoms with van der Waals surface area (Å²) in [5, 5.41) is 7.71. The Bertz CT molecular complexity index is 1020. The fourth-order valence-electron chi connectivity index (χ4n) is 3.00. The molecule has 0 spiro atoms. The number of hydrogen-bond donors (Lipinski definition) is 2. The van der Waals surface area contributed by atoms with E-state index in [-0.39, 0.29) is 23.6 Å². The van der Waals surface area contributed by atoms with Gasteiger partial charge in [-0.25, -0.2) is 0 Å². The minimum Gasteiger partial charge on any atom is -0.344 e. The molecule has 0 saturated carbocycles. The highest BCUT2D eigenvalue weighted by Gasteiger charge is 2.18. The van der Waals surface area contributed by atoms with E-state index in [9.17, 15) is 9.59 Å². The second-order valence-corrected chi connectivity index (χ2v) is 7.92. The standard InChI is InChI=1S/C24H24N2O2S/c1-16-10-12-19(13-11-16)23(27)26-22(15-20-8-6-14-29-20)24(28)25-18(3)21-9-5-4-7-17(21)2/h4-15,18H,1-3H3,(H,25,28)(H,26,27)/b22-15-/t18-/m0/s1. The van der Waals surface area contributed by atoms with E-state index in [1.54, 1.807) is 18.2 Å². The van der Waals surface area contributed by atoms with Crippen LogP contribution in [-0.4, -0.2) is 11.8 Å². The molecule has 0 saturated heterocycles. The van der Waals surface area contributed by atoms with Crippen molar-refractivity contribution in [2.75, 3.05) is 0 Å². The van der Waals surface area contributed by atoms with Crippen LogP contribution in [0.2, 0.25) is 0 Å². The molecule has 3 rings (SSSR count). The third kappa shape index (κ3) is 5.42. The largest absolute Gasteiger partial charge is 0.344 e. The number of rotatable bonds is 6. The van der Waals surface area contributed by atoms with Crippen LogP contribution in [0.15, 0.2) is 71.7 Å². The molecule has 0 bridgehead atoms. The monoisotopic (exact) mass is 404 g/mol. The molecule has 5 heteroatoms. The molecular formula is C24H24N2O2S. The molecule has 148 valence electrons. The van der Waals surface area contributed by atoms with Gasteiger partial charge in [0.25, 0.3) is 11.8 Å². The Labute approximate surface area is 175 Å². The summed E-state index contributed by atoms with van der Waals surface area (Å²) in [6, 6.07) is 18.8. The average molecular weight is 405 g/mol. The van der Waals surface area contributed by atoms with Crippen LogP contribution < -0.4 is 10.6 Å². The van der Waals surface area contributed by atoms with Crippen LogP contribution >= 0.6 is 11.3 Å². The van der Waals surface area contributed by atoms with Crippen molar-refractivity contribution >= 4 is 29.2 Å². The Morgan fingerprint density at radius 1 is 0.966 bits per heavy atom. The van der Waals surface area contributed by atoms with E-state index in [0.717, 1.165) is 21.6 Å². The molecule has 3 aromatic rings. The van der Waals surface area contributed by atoms with Gasteiger partial charge in [0.15, 0.2) is 0 Å². The van der Waals surface area contributed by atoms with Gasteiger partial charge in [0.2, 0.25) is 0 Å². The number of nitrogens with one attached hydrogen (secondary N) is 2. The molecule has 0 aliphatic rings. The van der Waals surface area contributed by atoms with Crippen LogP contribution in [0, 0.1) is 13.8 Å². The third-order valence-corrected chi connectivity index (χ3v) is 5.46. The van der Waals surface area contributed by atoms with Gasteiger partial charge in [-0.05, 0) is 61.6 Å². The first-order valence-electron chi connectivity index (χ1n) is 9.43. The Morgan fingerprint density at radius 2 is 1.69 bits per heavy atom. The van der Waals surface area contributed by atoms with E-state index in [4.69, 9.17) is 0 Å². The molecule has 1 atom stereocenters. The lowest BCUT2D eigenvalue weighted by molar-refractivity contribution is -0.118. The molecule has 0 aliphatic heterocycles. The fourth-order valence-corrected chi connectivity index (χ4v) is 3.66. The molecule has 29 heavy (non-hydrogen) atoms. The number of thiophene rings is 1. The van der Waals surface area contributed by atoms with Crippen molar-refractivity contribution in [2.24, 2.45) is 0 Å². The molecule has 2 amide bonds. The summed E-state index contributed by atoms with van der Waals surface area (Å²) in [6.45, 7) is 5.91. The van der Waals surface area contributed by atoms with Crippen molar-refractivity contribution in [1.29, 1.82) is 0 Å². The Balaban J connectivity index is 1.81. The average Bonchev–Trinajstić information content (AvgIpc) is 3.21. The number of aryl methyl sites for hydroxylation is 2. The normalized spacial score (nSPS) is 12.3. The van der Waals surface area contributed by atoms with Gasteiger partial charge in [-0.2, -0.15) is 0 Å². The first-order chi connectivity index (χ1) is 13.9. The zero-order valence-electron chi connectivity index (χ0n) is 16.7. The Morgan fingerprint density at radius 3 is 2.34 bits per heavy atom. The molecule has 0 fully saturated rings. The van der Waals surface area contributed by atoms with Gasteiger partial charge in [-0.3, -0.25) is 9.59 Å². The smallest absolute Gasteiger partial charge is 0.268 e. The first-order valence-corrected chi connectivity index (χ1v) is 10.3. The van der Waals surface area contributed by atoms with Crippen molar-refractivity contribution in [1.82, 2.24) is 10.6 Å². The maximum atomic E-state index is 13.0. The van der Waals surface area contributed by atoms with Gasteiger partial charge in [0.1, 0.15) is 5.70 Å². The van der Waals surface area contributed by atoms with Gasteiger partial charge in [0.05, 0.1) is 6.04 Å². The molecule has 0 aliphatic carbocycles. The first kappa shape index (κ1) is 20.6. The van der Waals surface area contributed by atoms with Crippen LogP contribution in [0.3, 0.4) is 0 Å². The Hall–Kier alpha value is -3.18. The molecule has 1 aromatic heterocycles. The summed E-state index contributed by atoms with van der Waals surface area (Å²) in [5.74, 6) is -0.638. The summed E-state index contributed by atoms with van der Waals surface area (Å²) < 4.78 is 0. The minimum atomic E-state index is -0.324. The highest BCUT2D eigenvalue weighted by Crippen LogP contribution is 2.18. The molecule has 0 radical (unpaired) electrons. The highest BCUT2D eigenvalue weighted by atomic mass is 32.1. The van der Waals surface area contributed by atoms with E-state index in [1.807, 2.05) is 74.7 Å². The highest BCUT2D eigenvalue weighted by molar-refractivity contribution is 7.10. The molecule has 0 unspecified atom stereocenters. The minimum absolute atomic E-state index is 0.188. The zero-order valence-corrected chi connectivity index (χ0v) is 17.5. The fraction of sp³-hybridized carbons (Fsp3) is 0.167. The van der Waals surface area contributed by atoms with Crippen LogP contribution in [-0.2, 0) is 4.79 Å². The lowest BCUT2D eigenvalue weighted by Crippen LogP contribution is -2.36. The lowest BCUT2D eigenvalue weighted by Gasteiger charge is -2.18. The van der Waals surface area contributed by atoms with E-state index in [0.29, 0.717) is 5.56 Å². The van der Waals surface area contributed by atoms with E-state index in [2.05, 4.69) is 10.6 Å². The van der Waals surface area contributed by atoms with Crippen LogP contribution in [0.1, 0.15) is 44.9 Å². The summed E-state index contributed by atoms with van der Waals surface area (Å²) in [7, 11) is 0. The second-order valence-electron chi connectivity index (χ2n) is 6.95. The van der Waals surface area contributed by atoms with E-state index >= 15 is 0 Å². The SMILES string of the molecule is Cc1ccc(C(=O)N/C(=C\c2cccs2)C(=O)N[C@@H](C)c2ccccc2C)cc1. The van der Waals surface area contributed by atoms with E-state index < -0.39 is 0 Å². The molecule has 4 nitrogen and oxygen atoms in total. The molecule has 2 N–H and O–H groups in total.